The maximum Gasteiger partial charge on any atom is 0.263 e. The van der Waals surface area contributed by atoms with E-state index in [9.17, 15) is 4.79 Å². The van der Waals surface area contributed by atoms with Crippen LogP contribution in [0.25, 0.3) is 16.0 Å². The number of amides is 1. The first-order valence-corrected chi connectivity index (χ1v) is 10.3. The second-order valence-corrected chi connectivity index (χ2v) is 9.24. The van der Waals surface area contributed by atoms with Gasteiger partial charge in [-0.3, -0.25) is 9.20 Å². The van der Waals surface area contributed by atoms with Crippen molar-refractivity contribution in [3.63, 3.8) is 0 Å². The van der Waals surface area contributed by atoms with Gasteiger partial charge in [0.15, 0.2) is 11.3 Å². The first kappa shape index (κ1) is 24.8. The zero-order valence-electron chi connectivity index (χ0n) is 17.3. The fraction of sp³-hybridized carbons (Fsp3) is 0.500. The fourth-order valence-corrected chi connectivity index (χ4v) is 3.98. The van der Waals surface area contributed by atoms with Crippen LogP contribution in [0.15, 0.2) is 24.4 Å². The molecule has 4 rings (SSSR count). The number of hydrogen-bond donors (Lipinski definition) is 2. The predicted molar refractivity (Wildman–Crippen MR) is 124 cm³/mol. The van der Waals surface area contributed by atoms with Crippen LogP contribution in [-0.2, 0) is 16.0 Å². The monoisotopic (exact) mass is 474 g/mol. The van der Waals surface area contributed by atoms with Crippen LogP contribution in [0.3, 0.4) is 0 Å². The quantitative estimate of drug-likeness (QED) is 0.570. The summed E-state index contributed by atoms with van der Waals surface area (Å²) in [7, 11) is 0. The summed E-state index contributed by atoms with van der Waals surface area (Å²) >= 11 is 1.41. The Morgan fingerprint density at radius 1 is 1.27 bits per heavy atom. The van der Waals surface area contributed by atoms with Crippen LogP contribution < -0.4 is 10.6 Å². The summed E-state index contributed by atoms with van der Waals surface area (Å²) < 4.78 is 12.9. The highest BCUT2D eigenvalue weighted by Crippen LogP contribution is 2.25. The van der Waals surface area contributed by atoms with E-state index in [0.29, 0.717) is 31.2 Å². The SMILES string of the molecule is CC(C)(C)CNC(=O)c1cn2c(nc3ccc(CNCC4OCCO4)cc32)s1.Cl.Cl. The van der Waals surface area contributed by atoms with E-state index in [1.807, 2.05) is 16.7 Å². The minimum atomic E-state index is -0.156. The number of imidazole rings is 1. The molecule has 1 aliphatic heterocycles. The molecule has 3 aromatic rings. The van der Waals surface area contributed by atoms with Gasteiger partial charge in [0.1, 0.15) is 4.88 Å². The van der Waals surface area contributed by atoms with Crippen molar-refractivity contribution in [3.8, 4) is 0 Å². The molecule has 3 heterocycles. The molecular formula is C20H28Cl2N4O3S. The Balaban J connectivity index is 0.00000160. The van der Waals surface area contributed by atoms with Gasteiger partial charge in [-0.2, -0.15) is 0 Å². The molecule has 2 aromatic heterocycles. The number of hydrogen-bond acceptors (Lipinski definition) is 6. The third-order valence-electron chi connectivity index (χ3n) is 4.50. The van der Waals surface area contributed by atoms with E-state index in [4.69, 9.17) is 9.47 Å². The number of aromatic nitrogens is 2. The third kappa shape index (κ3) is 5.84. The summed E-state index contributed by atoms with van der Waals surface area (Å²) in [5.74, 6) is -0.0482. The molecule has 0 spiro atoms. The minimum Gasteiger partial charge on any atom is -0.351 e. The van der Waals surface area contributed by atoms with Crippen molar-refractivity contribution >= 4 is 58.1 Å². The highest BCUT2D eigenvalue weighted by Gasteiger charge is 2.18. The lowest BCUT2D eigenvalue weighted by Crippen LogP contribution is -2.31. The summed E-state index contributed by atoms with van der Waals surface area (Å²) in [6.45, 7) is 9.64. The first-order valence-electron chi connectivity index (χ1n) is 9.52. The topological polar surface area (TPSA) is 76.9 Å². The standard InChI is InChI=1S/C20H26N4O3S.2ClH/c1-20(2,3)12-22-18(25)16-11-24-15-8-13(4-5-14(15)23-19(24)28-16)9-21-10-17-26-6-7-27-17;;/h4-5,8,11,17,21H,6-7,9-10,12H2,1-3H3,(H,22,25);2*1H. The van der Waals surface area contributed by atoms with E-state index < -0.39 is 0 Å². The maximum atomic E-state index is 12.5. The number of thiazole rings is 1. The average molecular weight is 475 g/mol. The lowest BCUT2D eigenvalue weighted by Gasteiger charge is -2.18. The molecule has 1 aromatic carbocycles. The van der Waals surface area contributed by atoms with Gasteiger partial charge in [-0.1, -0.05) is 38.2 Å². The Labute approximate surface area is 192 Å². The van der Waals surface area contributed by atoms with Gasteiger partial charge >= 0.3 is 0 Å². The van der Waals surface area contributed by atoms with Crippen molar-refractivity contribution in [1.82, 2.24) is 20.0 Å². The van der Waals surface area contributed by atoms with Gasteiger partial charge in [-0.05, 0) is 23.1 Å². The minimum absolute atomic E-state index is 0. The Hall–Kier alpha value is -1.42. The van der Waals surface area contributed by atoms with Gasteiger partial charge in [0, 0.05) is 25.8 Å². The van der Waals surface area contributed by atoms with Crippen LogP contribution in [0.4, 0.5) is 0 Å². The van der Waals surface area contributed by atoms with E-state index in [-0.39, 0.29) is 42.4 Å². The smallest absolute Gasteiger partial charge is 0.263 e. The number of rotatable bonds is 6. The molecular weight excluding hydrogens is 447 g/mol. The van der Waals surface area contributed by atoms with E-state index in [1.165, 1.54) is 11.3 Å². The highest BCUT2D eigenvalue weighted by molar-refractivity contribution is 7.18. The second-order valence-electron chi connectivity index (χ2n) is 8.23. The Bertz CT molecular complexity index is 993. The van der Waals surface area contributed by atoms with Gasteiger partial charge < -0.3 is 20.1 Å². The fourth-order valence-electron chi connectivity index (χ4n) is 3.06. The Morgan fingerprint density at radius 2 is 2.00 bits per heavy atom. The number of nitrogens with zero attached hydrogens (tertiary/aromatic N) is 2. The number of ether oxygens (including phenoxy) is 2. The number of nitrogens with one attached hydrogen (secondary N) is 2. The lowest BCUT2D eigenvalue weighted by atomic mass is 9.97. The van der Waals surface area contributed by atoms with Crippen molar-refractivity contribution < 1.29 is 14.3 Å². The molecule has 0 radical (unpaired) electrons. The molecule has 1 amide bonds. The van der Waals surface area contributed by atoms with Crippen LogP contribution in [0.1, 0.15) is 36.0 Å². The molecule has 0 bridgehead atoms. The first-order chi connectivity index (χ1) is 13.4. The van der Waals surface area contributed by atoms with Gasteiger partial charge in [-0.25, -0.2) is 4.98 Å². The molecule has 10 heteroatoms. The van der Waals surface area contributed by atoms with Crippen LogP contribution in [0.2, 0.25) is 0 Å². The zero-order chi connectivity index (χ0) is 19.7. The summed E-state index contributed by atoms with van der Waals surface area (Å²) in [6.07, 6.45) is 1.72. The highest BCUT2D eigenvalue weighted by atomic mass is 35.5. The molecule has 7 nitrogen and oxygen atoms in total. The van der Waals surface area contributed by atoms with Crippen LogP contribution >= 0.6 is 36.2 Å². The summed E-state index contributed by atoms with van der Waals surface area (Å²) in [5, 5.41) is 6.36. The molecule has 1 aliphatic rings. The number of halogens is 2. The molecule has 2 N–H and O–H groups in total. The van der Waals surface area contributed by atoms with Crippen LogP contribution in [0, 0.1) is 5.41 Å². The third-order valence-corrected chi connectivity index (χ3v) is 5.48. The van der Waals surface area contributed by atoms with E-state index >= 15 is 0 Å². The summed E-state index contributed by atoms with van der Waals surface area (Å²) in [5.41, 5.74) is 3.14. The maximum absolute atomic E-state index is 12.5. The molecule has 1 saturated heterocycles. The van der Waals surface area contributed by atoms with Gasteiger partial charge in [0.25, 0.3) is 5.91 Å². The molecule has 0 unspecified atom stereocenters. The molecule has 0 atom stereocenters. The van der Waals surface area contributed by atoms with E-state index in [1.54, 1.807) is 0 Å². The van der Waals surface area contributed by atoms with Crippen LogP contribution in [0.5, 0.6) is 0 Å². The number of benzene rings is 1. The summed E-state index contributed by atoms with van der Waals surface area (Å²) in [6, 6.07) is 6.20. The molecule has 1 fully saturated rings. The van der Waals surface area contributed by atoms with Crippen molar-refractivity contribution in [2.75, 3.05) is 26.3 Å². The second kappa shape index (κ2) is 10.3. The Morgan fingerprint density at radius 3 is 2.70 bits per heavy atom. The predicted octanol–water partition coefficient (Wildman–Crippen LogP) is 3.63. The van der Waals surface area contributed by atoms with Crippen molar-refractivity contribution in [2.24, 2.45) is 5.41 Å². The molecule has 30 heavy (non-hydrogen) atoms. The molecule has 166 valence electrons. The number of carbonyl (C=O) groups is 1. The lowest BCUT2D eigenvalue weighted by molar-refractivity contribution is -0.0392. The van der Waals surface area contributed by atoms with Gasteiger partial charge in [0.05, 0.1) is 24.2 Å². The van der Waals surface area contributed by atoms with Crippen molar-refractivity contribution in [1.29, 1.82) is 0 Å². The Kier molecular flexibility index (Phi) is 8.50. The number of fused-ring (bicyclic) bond motifs is 3. The van der Waals surface area contributed by atoms with Gasteiger partial charge in [-0.15, -0.1) is 24.8 Å². The molecule has 0 saturated carbocycles. The zero-order valence-corrected chi connectivity index (χ0v) is 19.7. The van der Waals surface area contributed by atoms with E-state index in [2.05, 4.69) is 48.5 Å². The molecule has 0 aliphatic carbocycles. The van der Waals surface area contributed by atoms with Crippen molar-refractivity contribution in [2.45, 2.75) is 33.6 Å². The van der Waals surface area contributed by atoms with Gasteiger partial charge in [0.2, 0.25) is 0 Å². The van der Waals surface area contributed by atoms with Crippen LogP contribution in [-0.4, -0.2) is 47.9 Å². The average Bonchev–Trinajstić information content (AvgIpc) is 3.35. The van der Waals surface area contributed by atoms with Crippen molar-refractivity contribution in [3.05, 3.63) is 34.8 Å². The normalized spacial score (nSPS) is 14.6. The van der Waals surface area contributed by atoms with E-state index in [0.717, 1.165) is 28.1 Å². The largest absolute Gasteiger partial charge is 0.351 e. The number of carbonyl (C=O) groups excluding carboxylic acids is 1. The summed E-state index contributed by atoms with van der Waals surface area (Å²) in [4.78, 5) is 18.6.